The Balaban J connectivity index is 1.87. The number of nitrogens with one attached hydrogen (secondary N) is 1. The predicted molar refractivity (Wildman–Crippen MR) is 101 cm³/mol. The number of benzene rings is 1. The molecule has 10 heteroatoms. The van der Waals surface area contributed by atoms with Crippen molar-refractivity contribution >= 4 is 11.3 Å². The normalized spacial score (nSPS) is 18.7. The molecule has 0 spiro atoms. The fourth-order valence-electron chi connectivity index (χ4n) is 4.20. The first-order valence-corrected chi connectivity index (χ1v) is 9.27. The van der Waals surface area contributed by atoms with Crippen molar-refractivity contribution in [2.24, 2.45) is 10.2 Å². The van der Waals surface area contributed by atoms with Gasteiger partial charge in [0.15, 0.2) is 5.82 Å². The molecule has 1 aromatic heterocycles. The van der Waals surface area contributed by atoms with Gasteiger partial charge in [0, 0.05) is 11.1 Å². The quantitative estimate of drug-likeness (QED) is 0.632. The van der Waals surface area contributed by atoms with Crippen molar-refractivity contribution < 1.29 is 17.6 Å². The van der Waals surface area contributed by atoms with Crippen molar-refractivity contribution in [3.05, 3.63) is 64.3 Å². The van der Waals surface area contributed by atoms with Crippen LogP contribution in [0.5, 0.6) is 0 Å². The van der Waals surface area contributed by atoms with Crippen LogP contribution in [-0.4, -0.2) is 14.8 Å². The molecule has 0 saturated heterocycles. The molecule has 154 valence electrons. The lowest BCUT2D eigenvalue weighted by molar-refractivity contribution is -0.137. The lowest BCUT2D eigenvalue weighted by Gasteiger charge is -2.36. The number of rotatable bonds is 1. The van der Waals surface area contributed by atoms with Gasteiger partial charge in [-0.05, 0) is 38.8 Å². The van der Waals surface area contributed by atoms with Crippen molar-refractivity contribution in [2.75, 3.05) is 5.32 Å². The highest BCUT2D eigenvalue weighted by molar-refractivity contribution is 5.90. The maximum Gasteiger partial charge on any atom is 0.419 e. The summed E-state index contributed by atoms with van der Waals surface area (Å²) in [6.45, 7) is 5.08. The van der Waals surface area contributed by atoms with E-state index in [1.807, 2.05) is 0 Å². The van der Waals surface area contributed by atoms with Crippen molar-refractivity contribution in [3.63, 3.8) is 0 Å². The Morgan fingerprint density at radius 3 is 2.63 bits per heavy atom. The molecule has 0 atom stereocenters. The van der Waals surface area contributed by atoms with Crippen LogP contribution >= 0.6 is 0 Å². The molecule has 2 aromatic rings. The maximum atomic E-state index is 15.3. The summed E-state index contributed by atoms with van der Waals surface area (Å²) in [4.78, 5) is 0. The fraction of sp³-hybridized carbons (Fsp3) is 0.300. The Labute approximate surface area is 168 Å². The van der Waals surface area contributed by atoms with Gasteiger partial charge in [-0.1, -0.05) is 12.2 Å². The molecule has 6 nitrogen and oxygen atoms in total. The zero-order valence-electron chi connectivity index (χ0n) is 16.3. The molecule has 1 aromatic carbocycles. The van der Waals surface area contributed by atoms with Crippen LogP contribution in [-0.2, 0) is 11.7 Å². The van der Waals surface area contributed by atoms with Gasteiger partial charge >= 0.3 is 6.18 Å². The number of hydrogen-bond donors (Lipinski definition) is 1. The summed E-state index contributed by atoms with van der Waals surface area (Å²) in [6.07, 6.45) is 0.144. The minimum absolute atomic E-state index is 0.0333. The van der Waals surface area contributed by atoms with E-state index in [2.05, 4.69) is 25.7 Å². The third-order valence-corrected chi connectivity index (χ3v) is 5.41. The van der Waals surface area contributed by atoms with E-state index in [1.165, 1.54) is 10.8 Å². The van der Waals surface area contributed by atoms with Gasteiger partial charge in [-0.25, -0.2) is 4.39 Å². The van der Waals surface area contributed by atoms with Crippen LogP contribution in [0.4, 0.5) is 23.2 Å². The standard InChI is InChI=1S/C20H16F4N6/c1-9-27-29-18-19(2,3)26-14-7-12(21)15(16(20(22,23)24)17(14)30(9)18)10-5-4-6-13-11(10)8-25-28-13/h5-8,26H,4H2,1-3H3. The minimum atomic E-state index is -4.84. The molecule has 0 unspecified atom stereocenters. The number of anilines is 1. The van der Waals surface area contributed by atoms with Crippen molar-refractivity contribution in [1.82, 2.24) is 14.8 Å². The van der Waals surface area contributed by atoms with Crippen LogP contribution in [0.25, 0.3) is 11.3 Å². The third kappa shape index (κ3) is 2.49. The Morgan fingerprint density at radius 1 is 1.13 bits per heavy atom. The second kappa shape index (κ2) is 5.87. The largest absolute Gasteiger partial charge is 0.419 e. The van der Waals surface area contributed by atoms with Gasteiger partial charge in [0.2, 0.25) is 0 Å². The number of hydrogen-bond acceptors (Lipinski definition) is 5. The minimum Gasteiger partial charge on any atom is -0.371 e. The number of nitrogens with zero attached hydrogens (tertiary/aromatic N) is 5. The van der Waals surface area contributed by atoms with Crippen molar-refractivity contribution in [3.8, 4) is 5.69 Å². The molecule has 0 bridgehead atoms. The molecular formula is C20H16F4N6. The highest BCUT2D eigenvalue weighted by atomic mass is 19.4. The van der Waals surface area contributed by atoms with E-state index in [1.54, 1.807) is 32.9 Å². The summed E-state index contributed by atoms with van der Waals surface area (Å²) in [5, 5.41) is 18.7. The SMILES string of the molecule is Cc1nnc2n1-c1c(cc(F)c(C3=CCC=C4N=NC=C43)c1C(F)(F)F)NC2(C)C. The van der Waals surface area contributed by atoms with E-state index >= 15 is 4.39 Å². The number of azo groups is 1. The second-order valence-electron chi connectivity index (χ2n) is 7.86. The number of fused-ring (bicyclic) bond motifs is 4. The molecule has 3 heterocycles. The zero-order valence-corrected chi connectivity index (χ0v) is 16.3. The molecule has 0 fully saturated rings. The van der Waals surface area contributed by atoms with E-state index in [0.717, 1.165) is 6.07 Å². The Hall–Kier alpha value is -3.30. The molecular weight excluding hydrogens is 400 g/mol. The van der Waals surface area contributed by atoms with Gasteiger partial charge in [-0.15, -0.1) is 10.2 Å². The summed E-state index contributed by atoms with van der Waals surface area (Å²) in [5.74, 6) is -0.370. The Kier molecular flexibility index (Phi) is 3.66. The smallest absolute Gasteiger partial charge is 0.371 e. The molecule has 1 N–H and O–H groups in total. The zero-order chi connectivity index (χ0) is 21.4. The Morgan fingerprint density at radius 2 is 1.90 bits per heavy atom. The first kappa shape index (κ1) is 18.7. The molecule has 1 aliphatic carbocycles. The number of aromatic nitrogens is 3. The van der Waals surface area contributed by atoms with Gasteiger partial charge in [0.05, 0.1) is 34.4 Å². The summed E-state index contributed by atoms with van der Waals surface area (Å²) < 4.78 is 60.1. The maximum absolute atomic E-state index is 15.3. The van der Waals surface area contributed by atoms with Crippen LogP contribution in [0.1, 0.15) is 43.0 Å². The van der Waals surface area contributed by atoms with E-state index in [9.17, 15) is 13.2 Å². The molecule has 2 aliphatic heterocycles. The van der Waals surface area contributed by atoms with Crippen molar-refractivity contribution in [1.29, 1.82) is 0 Å². The molecule has 0 saturated carbocycles. The highest BCUT2D eigenvalue weighted by Crippen LogP contribution is 2.50. The first-order valence-electron chi connectivity index (χ1n) is 9.27. The molecule has 30 heavy (non-hydrogen) atoms. The van der Waals surface area contributed by atoms with Crippen LogP contribution in [0.3, 0.4) is 0 Å². The number of aryl methyl sites for hydroxylation is 1. The third-order valence-electron chi connectivity index (χ3n) is 5.41. The van der Waals surface area contributed by atoms with Crippen LogP contribution in [0.15, 0.2) is 45.9 Å². The van der Waals surface area contributed by atoms with Crippen LogP contribution in [0.2, 0.25) is 0 Å². The number of allylic oxidation sites excluding steroid dienone is 3. The summed E-state index contributed by atoms with van der Waals surface area (Å²) in [6, 6.07) is 1.10. The lowest BCUT2D eigenvalue weighted by atomic mass is 9.86. The Bertz CT molecular complexity index is 1230. The van der Waals surface area contributed by atoms with E-state index in [0.29, 0.717) is 23.5 Å². The van der Waals surface area contributed by atoms with Crippen LogP contribution < -0.4 is 5.32 Å². The van der Waals surface area contributed by atoms with Gasteiger partial charge in [-0.2, -0.15) is 23.4 Å². The van der Waals surface area contributed by atoms with Crippen LogP contribution in [0, 0.1) is 12.7 Å². The fourth-order valence-corrected chi connectivity index (χ4v) is 4.20. The monoisotopic (exact) mass is 416 g/mol. The molecule has 0 amide bonds. The van der Waals surface area contributed by atoms with Gasteiger partial charge in [-0.3, -0.25) is 4.57 Å². The highest BCUT2D eigenvalue weighted by Gasteiger charge is 2.45. The average Bonchev–Trinajstić information content (AvgIpc) is 3.27. The predicted octanol–water partition coefficient (Wildman–Crippen LogP) is 5.41. The lowest BCUT2D eigenvalue weighted by Crippen LogP contribution is -2.37. The number of alkyl halides is 3. The summed E-state index contributed by atoms with van der Waals surface area (Å²) in [5.41, 5.74) is -1.67. The van der Waals surface area contributed by atoms with Gasteiger partial charge in [0.1, 0.15) is 11.6 Å². The number of halogens is 4. The topological polar surface area (TPSA) is 67.5 Å². The van der Waals surface area contributed by atoms with E-state index in [-0.39, 0.29) is 22.8 Å². The van der Waals surface area contributed by atoms with Gasteiger partial charge in [0.25, 0.3) is 0 Å². The molecule has 0 radical (unpaired) electrons. The second-order valence-corrected chi connectivity index (χ2v) is 7.86. The molecule has 5 rings (SSSR count). The van der Waals surface area contributed by atoms with E-state index in [4.69, 9.17) is 0 Å². The van der Waals surface area contributed by atoms with E-state index < -0.39 is 28.7 Å². The van der Waals surface area contributed by atoms with Gasteiger partial charge < -0.3 is 5.32 Å². The van der Waals surface area contributed by atoms with Crippen molar-refractivity contribution in [2.45, 2.75) is 38.9 Å². The summed E-state index contributed by atoms with van der Waals surface area (Å²) in [7, 11) is 0. The summed E-state index contributed by atoms with van der Waals surface area (Å²) >= 11 is 0. The average molecular weight is 416 g/mol. The first-order chi connectivity index (χ1) is 14.1. The molecule has 3 aliphatic rings.